The topological polar surface area (TPSA) is 81.1 Å². The molecular weight excluding hydrogens is 188 g/mol. The SMILES string of the molecule is CC(C)(C)N(O)C(=O)O.CN(C)C=O. The summed E-state index contributed by atoms with van der Waals surface area (Å²) in [6.45, 7) is 4.80. The van der Waals surface area contributed by atoms with E-state index in [-0.39, 0.29) is 5.06 Å². The van der Waals surface area contributed by atoms with Crippen molar-refractivity contribution in [2.24, 2.45) is 0 Å². The van der Waals surface area contributed by atoms with Gasteiger partial charge in [0.15, 0.2) is 0 Å². The lowest BCUT2D eigenvalue weighted by molar-refractivity contribution is -0.123. The molecule has 0 bridgehead atoms. The van der Waals surface area contributed by atoms with Crippen LogP contribution < -0.4 is 0 Å². The molecule has 6 nitrogen and oxygen atoms in total. The highest BCUT2D eigenvalue weighted by molar-refractivity contribution is 5.64. The van der Waals surface area contributed by atoms with Crippen LogP contribution in [0.15, 0.2) is 0 Å². The minimum absolute atomic E-state index is 0.271. The summed E-state index contributed by atoms with van der Waals surface area (Å²) >= 11 is 0. The van der Waals surface area contributed by atoms with Gasteiger partial charge in [0.1, 0.15) is 0 Å². The summed E-state index contributed by atoms with van der Waals surface area (Å²) in [5, 5.41) is 17.2. The summed E-state index contributed by atoms with van der Waals surface area (Å²) in [6.07, 6.45) is -0.581. The Morgan fingerprint density at radius 3 is 1.57 bits per heavy atom. The van der Waals surface area contributed by atoms with E-state index in [1.165, 1.54) is 4.90 Å². The zero-order chi connectivity index (χ0) is 11.9. The normalized spacial score (nSPS) is 9.57. The molecule has 0 aliphatic carbocycles. The summed E-state index contributed by atoms with van der Waals surface area (Å²) in [7, 11) is 3.38. The summed E-state index contributed by atoms with van der Waals surface area (Å²) in [6, 6.07) is 0. The molecule has 0 rings (SSSR count). The number of carboxylic acid groups (broad SMARTS) is 1. The molecule has 0 fully saturated rings. The van der Waals surface area contributed by atoms with E-state index in [1.54, 1.807) is 34.9 Å². The third-order valence-corrected chi connectivity index (χ3v) is 1.03. The zero-order valence-electron chi connectivity index (χ0n) is 9.18. The Kier molecular flexibility index (Phi) is 6.72. The second-order valence-corrected chi connectivity index (χ2v) is 3.83. The molecule has 0 saturated carbocycles. The smallest absolute Gasteiger partial charge is 0.431 e. The lowest BCUT2D eigenvalue weighted by Crippen LogP contribution is -2.42. The largest absolute Gasteiger partial charge is 0.463 e. The fourth-order valence-corrected chi connectivity index (χ4v) is 0.287. The van der Waals surface area contributed by atoms with E-state index in [1.807, 2.05) is 0 Å². The van der Waals surface area contributed by atoms with Crippen LogP contribution >= 0.6 is 0 Å². The molecule has 0 heterocycles. The molecule has 2 amide bonds. The van der Waals surface area contributed by atoms with Crippen molar-refractivity contribution in [3.8, 4) is 0 Å². The molecule has 2 N–H and O–H groups in total. The van der Waals surface area contributed by atoms with Crippen molar-refractivity contribution in [1.29, 1.82) is 0 Å². The number of rotatable bonds is 1. The molecular formula is C8H18N2O4. The first-order valence-electron chi connectivity index (χ1n) is 3.96. The van der Waals surface area contributed by atoms with Gasteiger partial charge in [-0.05, 0) is 20.8 Å². The van der Waals surface area contributed by atoms with Gasteiger partial charge >= 0.3 is 6.09 Å². The van der Waals surface area contributed by atoms with Crippen molar-refractivity contribution in [2.45, 2.75) is 26.3 Å². The predicted octanol–water partition coefficient (Wildman–Crippen LogP) is 0.859. The van der Waals surface area contributed by atoms with Crippen molar-refractivity contribution in [2.75, 3.05) is 14.1 Å². The third kappa shape index (κ3) is 8.79. The highest BCUT2D eigenvalue weighted by atomic mass is 16.6. The van der Waals surface area contributed by atoms with Crippen LogP contribution in [0.2, 0.25) is 0 Å². The highest BCUT2D eigenvalue weighted by Gasteiger charge is 2.23. The lowest BCUT2D eigenvalue weighted by atomic mass is 10.1. The summed E-state index contributed by atoms with van der Waals surface area (Å²) < 4.78 is 0. The van der Waals surface area contributed by atoms with Crippen LogP contribution in [0.4, 0.5) is 4.79 Å². The van der Waals surface area contributed by atoms with Gasteiger partial charge in [0.2, 0.25) is 6.41 Å². The van der Waals surface area contributed by atoms with Gasteiger partial charge < -0.3 is 10.0 Å². The molecule has 0 saturated heterocycles. The van der Waals surface area contributed by atoms with Crippen LogP contribution in [-0.4, -0.2) is 52.4 Å². The number of hydrogen-bond donors (Lipinski definition) is 2. The molecule has 0 spiro atoms. The molecule has 0 aromatic heterocycles. The van der Waals surface area contributed by atoms with Crippen molar-refractivity contribution >= 4 is 12.5 Å². The molecule has 0 atom stereocenters. The molecule has 0 aromatic rings. The van der Waals surface area contributed by atoms with Gasteiger partial charge in [-0.3, -0.25) is 10.0 Å². The maximum atomic E-state index is 10.0. The van der Waals surface area contributed by atoms with Gasteiger partial charge in [-0.2, -0.15) is 5.06 Å². The average molecular weight is 206 g/mol. The number of carbonyl (C=O) groups is 2. The highest BCUT2D eigenvalue weighted by Crippen LogP contribution is 2.08. The number of carbonyl (C=O) groups excluding carboxylic acids is 1. The monoisotopic (exact) mass is 206 g/mol. The molecule has 0 aliphatic heterocycles. The maximum absolute atomic E-state index is 10.0. The van der Waals surface area contributed by atoms with Gasteiger partial charge in [0.25, 0.3) is 0 Å². The minimum Gasteiger partial charge on any atom is -0.463 e. The van der Waals surface area contributed by atoms with Gasteiger partial charge in [-0.25, -0.2) is 4.79 Å². The van der Waals surface area contributed by atoms with Crippen LogP contribution in [-0.2, 0) is 4.79 Å². The van der Waals surface area contributed by atoms with Crippen molar-refractivity contribution in [3.05, 3.63) is 0 Å². The van der Waals surface area contributed by atoms with Gasteiger partial charge in [-0.15, -0.1) is 0 Å². The van der Waals surface area contributed by atoms with Gasteiger partial charge in [-0.1, -0.05) is 0 Å². The van der Waals surface area contributed by atoms with Crippen LogP contribution in [0, 0.1) is 0 Å². The molecule has 14 heavy (non-hydrogen) atoms. The molecule has 0 aromatic carbocycles. The van der Waals surface area contributed by atoms with E-state index in [2.05, 4.69) is 0 Å². The summed E-state index contributed by atoms with van der Waals surface area (Å²) in [4.78, 5) is 20.9. The molecule has 0 radical (unpaired) electrons. The summed E-state index contributed by atoms with van der Waals surface area (Å²) in [5.41, 5.74) is -0.730. The standard InChI is InChI=1S/C5H11NO3.C3H7NO/c1-5(2,3)6(9)4(7)8;1-4(2)3-5/h9H,1-3H3,(H,7,8);3H,1-2H3. The molecule has 84 valence electrons. The first-order chi connectivity index (χ1) is 6.12. The Hall–Kier alpha value is -1.30. The summed E-state index contributed by atoms with van der Waals surface area (Å²) in [5.74, 6) is 0. The Morgan fingerprint density at radius 1 is 1.29 bits per heavy atom. The Labute approximate surface area is 83.7 Å². The molecule has 6 heteroatoms. The van der Waals surface area contributed by atoms with E-state index in [0.717, 1.165) is 6.41 Å². The van der Waals surface area contributed by atoms with E-state index in [4.69, 9.17) is 10.3 Å². The zero-order valence-corrected chi connectivity index (χ0v) is 9.18. The first kappa shape index (κ1) is 15.2. The molecule has 0 unspecified atom stereocenters. The van der Waals surface area contributed by atoms with E-state index in [9.17, 15) is 9.59 Å². The van der Waals surface area contributed by atoms with Crippen LogP contribution in [0.3, 0.4) is 0 Å². The predicted molar refractivity (Wildman–Crippen MR) is 51.2 cm³/mol. The fraction of sp³-hybridized carbons (Fsp3) is 0.750. The van der Waals surface area contributed by atoms with Crippen LogP contribution in [0.5, 0.6) is 0 Å². The quantitative estimate of drug-likeness (QED) is 0.379. The van der Waals surface area contributed by atoms with E-state index < -0.39 is 11.6 Å². The Balaban J connectivity index is 0. The Bertz CT molecular complexity index is 186. The maximum Gasteiger partial charge on any atom is 0.431 e. The second kappa shape index (κ2) is 6.20. The van der Waals surface area contributed by atoms with Crippen molar-refractivity contribution in [1.82, 2.24) is 9.96 Å². The number of nitrogens with zero attached hydrogens (tertiary/aromatic N) is 2. The van der Waals surface area contributed by atoms with E-state index in [0.29, 0.717) is 0 Å². The van der Waals surface area contributed by atoms with E-state index >= 15 is 0 Å². The third-order valence-electron chi connectivity index (χ3n) is 1.03. The molecule has 0 aliphatic rings. The minimum atomic E-state index is -1.33. The number of hydrogen-bond acceptors (Lipinski definition) is 3. The fourth-order valence-electron chi connectivity index (χ4n) is 0.287. The van der Waals surface area contributed by atoms with Crippen LogP contribution in [0.25, 0.3) is 0 Å². The average Bonchev–Trinajstić information content (AvgIpc) is 2.02. The Morgan fingerprint density at radius 2 is 1.57 bits per heavy atom. The second-order valence-electron chi connectivity index (χ2n) is 3.83. The van der Waals surface area contributed by atoms with Crippen molar-refractivity contribution in [3.63, 3.8) is 0 Å². The first-order valence-corrected chi connectivity index (χ1v) is 3.96. The number of hydroxylamine groups is 2. The van der Waals surface area contributed by atoms with Crippen molar-refractivity contribution < 1.29 is 19.9 Å². The number of amides is 2. The lowest BCUT2D eigenvalue weighted by Gasteiger charge is -2.25. The van der Waals surface area contributed by atoms with Gasteiger partial charge in [0, 0.05) is 14.1 Å². The van der Waals surface area contributed by atoms with Gasteiger partial charge in [0.05, 0.1) is 5.54 Å². The van der Waals surface area contributed by atoms with Crippen LogP contribution in [0.1, 0.15) is 20.8 Å².